The third-order valence-corrected chi connectivity index (χ3v) is 3.56. The number of ether oxygens (including phenoxy) is 1. The number of aromatic nitrogens is 1. The highest BCUT2D eigenvalue weighted by Gasteiger charge is 2.14. The maximum absolute atomic E-state index is 5.96. The molecule has 4 nitrogen and oxygen atoms in total. The molecule has 0 atom stereocenters. The molecule has 2 N–H and O–H groups in total. The molecular formula is C16H29N3O. The van der Waals surface area contributed by atoms with Crippen molar-refractivity contribution in [1.82, 2.24) is 9.88 Å². The lowest BCUT2D eigenvalue weighted by molar-refractivity contribution is 0.141. The van der Waals surface area contributed by atoms with Crippen LogP contribution in [0.15, 0.2) is 6.07 Å². The third kappa shape index (κ3) is 4.46. The summed E-state index contributed by atoms with van der Waals surface area (Å²) in [6.07, 6.45) is 0. The summed E-state index contributed by atoms with van der Waals surface area (Å²) in [5.41, 5.74) is 8.75. The molecule has 0 radical (unpaired) electrons. The molecule has 0 aromatic carbocycles. The molecule has 0 saturated heterocycles. The zero-order valence-electron chi connectivity index (χ0n) is 13.7. The topological polar surface area (TPSA) is 51.4 Å². The van der Waals surface area contributed by atoms with E-state index in [1.807, 2.05) is 19.9 Å². The average Bonchev–Trinajstić information content (AvgIpc) is 2.33. The van der Waals surface area contributed by atoms with Crippen LogP contribution in [0.4, 0.5) is 0 Å². The van der Waals surface area contributed by atoms with Gasteiger partial charge in [0.2, 0.25) is 0 Å². The molecule has 4 heteroatoms. The summed E-state index contributed by atoms with van der Waals surface area (Å²) in [6, 6.07) is 3.02. The van der Waals surface area contributed by atoms with Crippen LogP contribution in [0.5, 0.6) is 5.75 Å². The van der Waals surface area contributed by atoms with Gasteiger partial charge in [0, 0.05) is 48.2 Å². The molecule has 114 valence electrons. The van der Waals surface area contributed by atoms with Gasteiger partial charge in [0.15, 0.2) is 0 Å². The highest BCUT2D eigenvalue weighted by Crippen LogP contribution is 2.21. The number of aryl methyl sites for hydroxylation is 2. The molecule has 1 aromatic rings. The Bertz CT molecular complexity index is 422. The van der Waals surface area contributed by atoms with Crippen LogP contribution in [0.1, 0.15) is 44.6 Å². The molecule has 0 aliphatic carbocycles. The number of nitrogens with zero attached hydrogens (tertiary/aromatic N) is 2. The lowest BCUT2D eigenvalue weighted by Crippen LogP contribution is -2.39. The van der Waals surface area contributed by atoms with Crippen molar-refractivity contribution in [2.45, 2.75) is 60.2 Å². The van der Waals surface area contributed by atoms with Crippen molar-refractivity contribution >= 4 is 0 Å². The van der Waals surface area contributed by atoms with E-state index < -0.39 is 0 Å². The van der Waals surface area contributed by atoms with E-state index >= 15 is 0 Å². The van der Waals surface area contributed by atoms with Gasteiger partial charge in [-0.3, -0.25) is 9.88 Å². The predicted octanol–water partition coefficient (Wildman–Crippen LogP) is 2.65. The summed E-state index contributed by atoms with van der Waals surface area (Å²) >= 11 is 0. The number of hydrogen-bond acceptors (Lipinski definition) is 4. The van der Waals surface area contributed by atoms with Crippen molar-refractivity contribution in [3.8, 4) is 5.75 Å². The Morgan fingerprint density at radius 1 is 1.20 bits per heavy atom. The summed E-state index contributed by atoms with van der Waals surface area (Å²) in [5.74, 6) is 0.880. The lowest BCUT2D eigenvalue weighted by atomic mass is 10.1. The fourth-order valence-electron chi connectivity index (χ4n) is 2.57. The van der Waals surface area contributed by atoms with E-state index in [1.54, 1.807) is 0 Å². The maximum atomic E-state index is 5.96. The Kier molecular flexibility index (Phi) is 6.43. The van der Waals surface area contributed by atoms with Gasteiger partial charge in [0.25, 0.3) is 0 Å². The summed E-state index contributed by atoms with van der Waals surface area (Å²) < 4.78 is 5.96. The van der Waals surface area contributed by atoms with Gasteiger partial charge in [-0.05, 0) is 41.5 Å². The van der Waals surface area contributed by atoms with E-state index in [4.69, 9.17) is 10.5 Å². The molecule has 0 aliphatic heterocycles. The molecule has 1 heterocycles. The Balaban J connectivity index is 2.70. The molecule has 1 rings (SSSR count). The van der Waals surface area contributed by atoms with E-state index in [0.29, 0.717) is 25.2 Å². The highest BCUT2D eigenvalue weighted by molar-refractivity contribution is 5.37. The second kappa shape index (κ2) is 7.60. The van der Waals surface area contributed by atoms with Crippen molar-refractivity contribution < 1.29 is 4.74 Å². The largest absolute Gasteiger partial charge is 0.492 e. The Morgan fingerprint density at radius 3 is 2.30 bits per heavy atom. The molecule has 0 bridgehead atoms. The normalized spacial score (nSPS) is 11.7. The molecule has 1 aromatic heterocycles. The molecular weight excluding hydrogens is 250 g/mol. The summed E-state index contributed by atoms with van der Waals surface area (Å²) in [7, 11) is 0. The van der Waals surface area contributed by atoms with Crippen LogP contribution >= 0.6 is 0 Å². The van der Waals surface area contributed by atoms with Crippen LogP contribution in [-0.2, 0) is 6.54 Å². The minimum absolute atomic E-state index is 0.465. The first-order valence-electron chi connectivity index (χ1n) is 7.42. The lowest BCUT2D eigenvalue weighted by Gasteiger charge is -2.30. The van der Waals surface area contributed by atoms with E-state index in [0.717, 1.165) is 29.2 Å². The minimum atomic E-state index is 0.465. The molecule has 0 fully saturated rings. The van der Waals surface area contributed by atoms with Crippen LogP contribution in [0.3, 0.4) is 0 Å². The first-order chi connectivity index (χ1) is 9.36. The SMILES string of the molecule is Cc1cc(OCCN(C(C)C)C(C)C)c(CN)c(C)n1. The van der Waals surface area contributed by atoms with Crippen molar-refractivity contribution in [2.75, 3.05) is 13.2 Å². The second-order valence-electron chi connectivity index (χ2n) is 5.80. The summed E-state index contributed by atoms with van der Waals surface area (Å²) in [5, 5.41) is 0. The fraction of sp³-hybridized carbons (Fsp3) is 0.688. The fourth-order valence-corrected chi connectivity index (χ4v) is 2.57. The summed E-state index contributed by atoms with van der Waals surface area (Å²) in [6.45, 7) is 14.9. The van der Waals surface area contributed by atoms with E-state index in [-0.39, 0.29) is 0 Å². The van der Waals surface area contributed by atoms with Gasteiger partial charge in [0.1, 0.15) is 12.4 Å². The van der Waals surface area contributed by atoms with Gasteiger partial charge in [-0.1, -0.05) is 0 Å². The van der Waals surface area contributed by atoms with Gasteiger partial charge in [-0.25, -0.2) is 0 Å². The van der Waals surface area contributed by atoms with E-state index in [2.05, 4.69) is 37.6 Å². The van der Waals surface area contributed by atoms with Crippen molar-refractivity contribution in [1.29, 1.82) is 0 Å². The Morgan fingerprint density at radius 2 is 1.80 bits per heavy atom. The standard InChI is InChI=1S/C16H29N3O/c1-11(2)19(12(3)4)7-8-20-16-9-13(5)18-14(6)15(16)10-17/h9,11-12H,7-8,10,17H2,1-6H3. The minimum Gasteiger partial charge on any atom is -0.492 e. The van der Waals surface area contributed by atoms with Gasteiger partial charge in [-0.2, -0.15) is 0 Å². The number of rotatable bonds is 7. The molecule has 0 spiro atoms. The monoisotopic (exact) mass is 279 g/mol. The molecule has 0 aliphatic rings. The average molecular weight is 279 g/mol. The zero-order valence-corrected chi connectivity index (χ0v) is 13.7. The van der Waals surface area contributed by atoms with Crippen molar-refractivity contribution in [3.05, 3.63) is 23.0 Å². The van der Waals surface area contributed by atoms with E-state index in [1.165, 1.54) is 0 Å². The van der Waals surface area contributed by atoms with Crippen molar-refractivity contribution in [2.24, 2.45) is 5.73 Å². The smallest absolute Gasteiger partial charge is 0.127 e. The quantitative estimate of drug-likeness (QED) is 0.833. The highest BCUT2D eigenvalue weighted by atomic mass is 16.5. The van der Waals surface area contributed by atoms with Gasteiger partial charge in [0.05, 0.1) is 0 Å². The number of hydrogen-bond donors (Lipinski definition) is 1. The van der Waals surface area contributed by atoms with Crippen LogP contribution in [0, 0.1) is 13.8 Å². The number of pyridine rings is 1. The van der Waals surface area contributed by atoms with Crippen LogP contribution < -0.4 is 10.5 Å². The second-order valence-corrected chi connectivity index (χ2v) is 5.80. The molecule has 0 amide bonds. The molecule has 0 unspecified atom stereocenters. The maximum Gasteiger partial charge on any atom is 0.127 e. The van der Waals surface area contributed by atoms with Crippen LogP contribution in [0.2, 0.25) is 0 Å². The Labute approximate surface area is 123 Å². The van der Waals surface area contributed by atoms with E-state index in [9.17, 15) is 0 Å². The third-order valence-electron chi connectivity index (χ3n) is 3.56. The summed E-state index contributed by atoms with van der Waals surface area (Å²) in [4.78, 5) is 6.85. The van der Waals surface area contributed by atoms with Crippen molar-refractivity contribution in [3.63, 3.8) is 0 Å². The zero-order chi connectivity index (χ0) is 15.3. The molecule has 0 saturated carbocycles. The van der Waals surface area contributed by atoms with Crippen LogP contribution in [0.25, 0.3) is 0 Å². The van der Waals surface area contributed by atoms with Gasteiger partial charge >= 0.3 is 0 Å². The molecule has 20 heavy (non-hydrogen) atoms. The first kappa shape index (κ1) is 16.9. The predicted molar refractivity (Wildman–Crippen MR) is 84.1 cm³/mol. The Hall–Kier alpha value is -1.13. The first-order valence-corrected chi connectivity index (χ1v) is 7.42. The van der Waals surface area contributed by atoms with Gasteiger partial charge in [-0.15, -0.1) is 0 Å². The number of nitrogens with two attached hydrogens (primary N) is 1. The van der Waals surface area contributed by atoms with Crippen LogP contribution in [-0.4, -0.2) is 35.1 Å². The van der Waals surface area contributed by atoms with Gasteiger partial charge < -0.3 is 10.5 Å².